The van der Waals surface area contributed by atoms with Gasteiger partial charge in [-0.25, -0.2) is 9.78 Å². The highest BCUT2D eigenvalue weighted by Gasteiger charge is 2.15. The molecule has 0 aliphatic heterocycles. The summed E-state index contributed by atoms with van der Waals surface area (Å²) in [6.07, 6.45) is 0. The van der Waals surface area contributed by atoms with Gasteiger partial charge in [0.05, 0.1) is 10.9 Å². The summed E-state index contributed by atoms with van der Waals surface area (Å²) in [5.74, 6) is 0.439. The normalized spacial score (nSPS) is 10.5. The third kappa shape index (κ3) is 2.81. The predicted molar refractivity (Wildman–Crippen MR) is 79.9 cm³/mol. The van der Waals surface area contributed by atoms with E-state index < -0.39 is 5.97 Å². The number of para-hydroxylation sites is 1. The molecule has 0 atom stereocenters. The van der Waals surface area contributed by atoms with Crippen molar-refractivity contribution in [3.05, 3.63) is 54.6 Å². The number of nitrogens with one attached hydrogen (secondary N) is 2. The van der Waals surface area contributed by atoms with Crippen LogP contribution in [0.5, 0.6) is 0 Å². The number of H-pyrrole nitrogens is 1. The largest absolute Gasteiger partial charge is 0.479 e. The molecule has 0 spiro atoms. The molecule has 5 heteroatoms. The van der Waals surface area contributed by atoms with Crippen molar-refractivity contribution in [3.63, 3.8) is 0 Å². The van der Waals surface area contributed by atoms with Crippen molar-refractivity contribution in [1.82, 2.24) is 4.98 Å². The minimum atomic E-state index is -0.912. The van der Waals surface area contributed by atoms with E-state index in [1.54, 1.807) is 0 Å². The van der Waals surface area contributed by atoms with E-state index in [1.165, 1.54) is 0 Å². The maximum absolute atomic E-state index is 10.8. The Morgan fingerprint density at radius 2 is 1.81 bits per heavy atom. The SMILES string of the molecule is O=C(O)CNc1[nH+]c(-c2ccccc2)nc2ccccc12. The Morgan fingerprint density at radius 3 is 2.57 bits per heavy atom. The van der Waals surface area contributed by atoms with Crippen molar-refractivity contribution in [1.29, 1.82) is 0 Å². The highest BCUT2D eigenvalue weighted by Crippen LogP contribution is 2.21. The molecule has 0 saturated heterocycles. The first-order valence-corrected chi connectivity index (χ1v) is 6.57. The van der Waals surface area contributed by atoms with E-state index in [1.807, 2.05) is 54.6 Å². The molecule has 0 aliphatic rings. The lowest BCUT2D eigenvalue weighted by Gasteiger charge is -2.04. The second kappa shape index (κ2) is 5.58. The number of hydrogen-bond donors (Lipinski definition) is 2. The summed E-state index contributed by atoms with van der Waals surface area (Å²) in [5, 5.41) is 12.6. The van der Waals surface area contributed by atoms with Crippen molar-refractivity contribution in [2.45, 2.75) is 0 Å². The summed E-state index contributed by atoms with van der Waals surface area (Å²) >= 11 is 0. The van der Waals surface area contributed by atoms with Crippen LogP contribution in [0.25, 0.3) is 22.3 Å². The molecule has 2 aromatic carbocycles. The topological polar surface area (TPSA) is 76.4 Å². The number of anilines is 1. The molecule has 3 N–H and O–H groups in total. The third-order valence-corrected chi connectivity index (χ3v) is 3.11. The minimum absolute atomic E-state index is 0.154. The lowest BCUT2D eigenvalue weighted by molar-refractivity contribution is -0.350. The molecule has 0 saturated carbocycles. The number of rotatable bonds is 4. The number of aliphatic carboxylic acids is 1. The van der Waals surface area contributed by atoms with Gasteiger partial charge in [0.1, 0.15) is 0 Å². The summed E-state index contributed by atoms with van der Waals surface area (Å²) < 4.78 is 0. The number of carboxylic acid groups (broad SMARTS) is 1. The number of aromatic nitrogens is 2. The zero-order chi connectivity index (χ0) is 14.7. The van der Waals surface area contributed by atoms with Crippen molar-refractivity contribution >= 4 is 22.7 Å². The predicted octanol–water partition coefficient (Wildman–Crippen LogP) is 2.21. The van der Waals surface area contributed by atoms with Gasteiger partial charge in [-0.1, -0.05) is 30.3 Å². The Kier molecular flexibility index (Phi) is 3.47. The molecule has 0 radical (unpaired) electrons. The van der Waals surface area contributed by atoms with Gasteiger partial charge in [-0.3, -0.25) is 5.32 Å². The number of nitrogens with zero attached hydrogens (tertiary/aromatic N) is 1. The maximum Gasteiger partial charge on any atom is 0.337 e. The fourth-order valence-electron chi connectivity index (χ4n) is 2.15. The maximum atomic E-state index is 10.8. The van der Waals surface area contributed by atoms with Crippen LogP contribution in [-0.4, -0.2) is 22.6 Å². The zero-order valence-corrected chi connectivity index (χ0v) is 11.2. The van der Waals surface area contributed by atoms with E-state index in [2.05, 4.69) is 15.3 Å². The molecular weight excluding hydrogens is 266 g/mol. The lowest BCUT2D eigenvalue weighted by Crippen LogP contribution is -2.22. The first kappa shape index (κ1) is 13.1. The quantitative estimate of drug-likeness (QED) is 0.768. The van der Waals surface area contributed by atoms with Gasteiger partial charge in [-0.15, -0.1) is 4.98 Å². The molecule has 0 fully saturated rings. The molecule has 104 valence electrons. The molecule has 1 heterocycles. The molecule has 3 aromatic rings. The standard InChI is InChI=1S/C16H13N3O2/c20-14(21)10-17-16-12-8-4-5-9-13(12)18-15(19-16)11-6-2-1-3-7-11/h1-9H,10H2,(H,20,21)(H,17,18,19)/p+1. The van der Waals surface area contributed by atoms with Crippen molar-refractivity contribution in [2.24, 2.45) is 0 Å². The summed E-state index contributed by atoms with van der Waals surface area (Å²) in [7, 11) is 0. The van der Waals surface area contributed by atoms with Gasteiger partial charge in [-0.2, -0.15) is 0 Å². The summed E-state index contributed by atoms with van der Waals surface area (Å²) in [4.78, 5) is 18.5. The van der Waals surface area contributed by atoms with Crippen LogP contribution in [0.1, 0.15) is 0 Å². The van der Waals surface area contributed by atoms with Crippen LogP contribution >= 0.6 is 0 Å². The average molecular weight is 280 g/mol. The Bertz CT molecular complexity index is 788. The van der Waals surface area contributed by atoms with Crippen LogP contribution in [0, 0.1) is 0 Å². The molecule has 3 rings (SSSR count). The van der Waals surface area contributed by atoms with Gasteiger partial charge < -0.3 is 5.11 Å². The van der Waals surface area contributed by atoms with Crippen LogP contribution in [0.2, 0.25) is 0 Å². The van der Waals surface area contributed by atoms with E-state index in [-0.39, 0.29) is 6.54 Å². The van der Waals surface area contributed by atoms with Gasteiger partial charge in [-0.05, 0) is 24.3 Å². The lowest BCUT2D eigenvalue weighted by atomic mass is 10.2. The van der Waals surface area contributed by atoms with Gasteiger partial charge in [0.2, 0.25) is 5.82 Å². The number of carbonyl (C=O) groups is 1. The van der Waals surface area contributed by atoms with E-state index in [4.69, 9.17) is 5.11 Å². The van der Waals surface area contributed by atoms with Crippen LogP contribution in [0.15, 0.2) is 54.6 Å². The third-order valence-electron chi connectivity index (χ3n) is 3.11. The highest BCUT2D eigenvalue weighted by atomic mass is 16.4. The van der Waals surface area contributed by atoms with E-state index in [9.17, 15) is 4.79 Å². The molecule has 0 bridgehead atoms. The molecule has 0 aliphatic carbocycles. The Balaban J connectivity index is 2.12. The molecule has 1 aromatic heterocycles. The van der Waals surface area contributed by atoms with Crippen molar-refractivity contribution in [3.8, 4) is 11.4 Å². The van der Waals surface area contributed by atoms with E-state index in [0.29, 0.717) is 11.6 Å². The molecule has 5 nitrogen and oxygen atoms in total. The van der Waals surface area contributed by atoms with Gasteiger partial charge in [0.15, 0.2) is 12.1 Å². The summed E-state index contributed by atoms with van der Waals surface area (Å²) in [6.45, 7) is -0.154. The average Bonchev–Trinajstić information content (AvgIpc) is 2.53. The molecular formula is C16H14N3O2+. The molecule has 0 amide bonds. The fourth-order valence-corrected chi connectivity index (χ4v) is 2.15. The monoisotopic (exact) mass is 280 g/mol. The van der Waals surface area contributed by atoms with E-state index in [0.717, 1.165) is 16.5 Å². The molecule has 0 unspecified atom stereocenters. The van der Waals surface area contributed by atoms with Gasteiger partial charge in [0, 0.05) is 0 Å². The van der Waals surface area contributed by atoms with Gasteiger partial charge in [0.25, 0.3) is 5.82 Å². The Morgan fingerprint density at radius 1 is 1.10 bits per heavy atom. The molecule has 21 heavy (non-hydrogen) atoms. The number of aromatic amines is 1. The zero-order valence-electron chi connectivity index (χ0n) is 11.2. The van der Waals surface area contributed by atoms with Crippen molar-refractivity contribution < 1.29 is 14.9 Å². The fraction of sp³-hybridized carbons (Fsp3) is 0.0625. The first-order chi connectivity index (χ1) is 10.2. The number of hydrogen-bond acceptors (Lipinski definition) is 3. The summed E-state index contributed by atoms with van der Waals surface area (Å²) in [6, 6.07) is 17.3. The number of benzene rings is 2. The van der Waals surface area contributed by atoms with Gasteiger partial charge >= 0.3 is 5.97 Å². The number of fused-ring (bicyclic) bond motifs is 1. The minimum Gasteiger partial charge on any atom is -0.479 e. The Labute approximate surface area is 121 Å². The second-order valence-electron chi connectivity index (χ2n) is 4.59. The first-order valence-electron chi connectivity index (χ1n) is 6.57. The highest BCUT2D eigenvalue weighted by molar-refractivity contribution is 5.89. The van der Waals surface area contributed by atoms with Crippen LogP contribution in [0.4, 0.5) is 5.82 Å². The van der Waals surface area contributed by atoms with Crippen molar-refractivity contribution in [2.75, 3.05) is 11.9 Å². The van der Waals surface area contributed by atoms with Crippen LogP contribution in [-0.2, 0) is 4.79 Å². The Hall–Kier alpha value is -2.95. The number of carboxylic acids is 1. The summed E-state index contributed by atoms with van der Waals surface area (Å²) in [5.41, 5.74) is 1.75. The second-order valence-corrected chi connectivity index (χ2v) is 4.59. The van der Waals surface area contributed by atoms with E-state index >= 15 is 0 Å². The van der Waals surface area contributed by atoms with Crippen LogP contribution in [0.3, 0.4) is 0 Å². The van der Waals surface area contributed by atoms with Crippen LogP contribution < -0.4 is 10.3 Å². The smallest absolute Gasteiger partial charge is 0.337 e.